The quantitative estimate of drug-likeness (QED) is 0.714. The SMILES string of the molecule is Cc1cc(C)c(CBr)cc1O. The van der Waals surface area contributed by atoms with Gasteiger partial charge >= 0.3 is 0 Å². The first-order valence-corrected chi connectivity index (χ1v) is 4.62. The van der Waals surface area contributed by atoms with E-state index in [9.17, 15) is 5.11 Å². The second-order valence-corrected chi connectivity index (χ2v) is 3.26. The van der Waals surface area contributed by atoms with Crippen LogP contribution in [0, 0.1) is 13.8 Å². The molecule has 0 unspecified atom stereocenters. The summed E-state index contributed by atoms with van der Waals surface area (Å²) in [6, 6.07) is 3.80. The van der Waals surface area contributed by atoms with Gasteiger partial charge in [0.2, 0.25) is 0 Å². The van der Waals surface area contributed by atoms with Crippen molar-refractivity contribution in [2.24, 2.45) is 0 Å². The van der Waals surface area contributed by atoms with Crippen LogP contribution in [0.15, 0.2) is 12.1 Å². The van der Waals surface area contributed by atoms with E-state index in [0.717, 1.165) is 16.5 Å². The minimum absolute atomic E-state index is 0.380. The fourth-order valence-electron chi connectivity index (χ4n) is 1.03. The molecule has 0 radical (unpaired) electrons. The highest BCUT2D eigenvalue weighted by atomic mass is 79.9. The molecule has 0 saturated heterocycles. The van der Waals surface area contributed by atoms with Gasteiger partial charge in [0, 0.05) is 5.33 Å². The van der Waals surface area contributed by atoms with E-state index < -0.39 is 0 Å². The first kappa shape index (κ1) is 8.60. The number of halogens is 1. The van der Waals surface area contributed by atoms with Gasteiger partial charge in [-0.25, -0.2) is 0 Å². The molecule has 0 spiro atoms. The van der Waals surface area contributed by atoms with Gasteiger partial charge in [0.1, 0.15) is 5.75 Å². The number of benzene rings is 1. The molecule has 0 aliphatic carbocycles. The summed E-state index contributed by atoms with van der Waals surface area (Å²) >= 11 is 3.36. The molecule has 60 valence electrons. The van der Waals surface area contributed by atoms with Crippen LogP contribution < -0.4 is 0 Å². The van der Waals surface area contributed by atoms with Crippen LogP contribution in [0.1, 0.15) is 16.7 Å². The number of phenols is 1. The maximum atomic E-state index is 9.33. The van der Waals surface area contributed by atoms with Crippen molar-refractivity contribution in [2.75, 3.05) is 0 Å². The largest absolute Gasteiger partial charge is 0.508 e. The summed E-state index contributed by atoms with van der Waals surface area (Å²) in [4.78, 5) is 0. The van der Waals surface area contributed by atoms with Crippen molar-refractivity contribution in [2.45, 2.75) is 19.2 Å². The van der Waals surface area contributed by atoms with Crippen molar-refractivity contribution in [1.82, 2.24) is 0 Å². The van der Waals surface area contributed by atoms with Crippen LogP contribution in [0.4, 0.5) is 0 Å². The van der Waals surface area contributed by atoms with Crippen LogP contribution in [0.25, 0.3) is 0 Å². The Morgan fingerprint density at radius 1 is 1.27 bits per heavy atom. The number of aromatic hydroxyl groups is 1. The van der Waals surface area contributed by atoms with Crippen molar-refractivity contribution < 1.29 is 5.11 Å². The fraction of sp³-hybridized carbons (Fsp3) is 0.333. The van der Waals surface area contributed by atoms with Gasteiger partial charge < -0.3 is 5.11 Å². The van der Waals surface area contributed by atoms with Crippen LogP contribution in [0.3, 0.4) is 0 Å². The Morgan fingerprint density at radius 2 is 1.91 bits per heavy atom. The van der Waals surface area contributed by atoms with Gasteiger partial charge in [-0.2, -0.15) is 0 Å². The van der Waals surface area contributed by atoms with Gasteiger partial charge in [-0.05, 0) is 36.6 Å². The molecular formula is C9H11BrO. The minimum atomic E-state index is 0.380. The highest BCUT2D eigenvalue weighted by Gasteiger charge is 2.00. The number of phenolic OH excluding ortho intramolecular Hbond substituents is 1. The lowest BCUT2D eigenvalue weighted by molar-refractivity contribution is 0.470. The average molecular weight is 215 g/mol. The molecule has 0 heterocycles. The molecule has 0 amide bonds. The molecule has 11 heavy (non-hydrogen) atoms. The van der Waals surface area contributed by atoms with Crippen LogP contribution in [0.2, 0.25) is 0 Å². The zero-order chi connectivity index (χ0) is 8.43. The van der Waals surface area contributed by atoms with Crippen LogP contribution >= 0.6 is 15.9 Å². The molecular weight excluding hydrogens is 204 g/mol. The Bertz CT molecular complexity index is 269. The van der Waals surface area contributed by atoms with E-state index in [1.165, 1.54) is 5.56 Å². The van der Waals surface area contributed by atoms with Crippen molar-refractivity contribution in [3.63, 3.8) is 0 Å². The van der Waals surface area contributed by atoms with Crippen molar-refractivity contribution in [3.05, 3.63) is 28.8 Å². The van der Waals surface area contributed by atoms with E-state index in [1.54, 1.807) is 6.07 Å². The topological polar surface area (TPSA) is 20.2 Å². The van der Waals surface area contributed by atoms with Gasteiger partial charge in [-0.3, -0.25) is 0 Å². The van der Waals surface area contributed by atoms with Gasteiger partial charge in [0.15, 0.2) is 0 Å². The van der Waals surface area contributed by atoms with E-state index in [0.29, 0.717) is 5.75 Å². The van der Waals surface area contributed by atoms with Gasteiger partial charge in [0.05, 0.1) is 0 Å². The monoisotopic (exact) mass is 214 g/mol. The van der Waals surface area contributed by atoms with E-state index in [4.69, 9.17) is 0 Å². The minimum Gasteiger partial charge on any atom is -0.508 e. The zero-order valence-electron chi connectivity index (χ0n) is 6.69. The molecule has 1 aromatic carbocycles. The lowest BCUT2D eigenvalue weighted by Crippen LogP contribution is -1.86. The number of hydrogen-bond acceptors (Lipinski definition) is 1. The molecule has 0 saturated carbocycles. The first-order valence-electron chi connectivity index (χ1n) is 3.50. The normalized spacial score (nSPS) is 10.1. The Morgan fingerprint density at radius 3 is 2.45 bits per heavy atom. The van der Waals surface area contributed by atoms with Gasteiger partial charge in [-0.15, -0.1) is 0 Å². The molecule has 0 atom stereocenters. The summed E-state index contributed by atoms with van der Waals surface area (Å²) < 4.78 is 0. The summed E-state index contributed by atoms with van der Waals surface area (Å²) in [6.07, 6.45) is 0. The lowest BCUT2D eigenvalue weighted by atomic mass is 10.1. The molecule has 0 fully saturated rings. The Kier molecular flexibility index (Phi) is 2.55. The molecule has 0 bridgehead atoms. The predicted octanol–water partition coefficient (Wildman–Crippen LogP) is 2.90. The Balaban J connectivity index is 3.21. The average Bonchev–Trinajstić information content (AvgIpc) is 1.97. The number of aryl methyl sites for hydroxylation is 2. The number of hydrogen-bond donors (Lipinski definition) is 1. The van der Waals surface area contributed by atoms with Crippen LogP contribution in [-0.2, 0) is 5.33 Å². The fourth-order valence-corrected chi connectivity index (χ4v) is 1.63. The third-order valence-corrected chi connectivity index (χ3v) is 2.40. The highest BCUT2D eigenvalue weighted by molar-refractivity contribution is 9.08. The van der Waals surface area contributed by atoms with Gasteiger partial charge in [0.25, 0.3) is 0 Å². The summed E-state index contributed by atoms with van der Waals surface area (Å²) in [5.41, 5.74) is 3.30. The third-order valence-electron chi connectivity index (χ3n) is 1.80. The third kappa shape index (κ3) is 1.74. The van der Waals surface area contributed by atoms with E-state index in [2.05, 4.69) is 15.9 Å². The Labute approximate surface area is 75.2 Å². The summed E-state index contributed by atoms with van der Waals surface area (Å²) in [7, 11) is 0. The van der Waals surface area contributed by atoms with Crippen molar-refractivity contribution >= 4 is 15.9 Å². The molecule has 1 aromatic rings. The lowest BCUT2D eigenvalue weighted by Gasteiger charge is -2.05. The summed E-state index contributed by atoms with van der Waals surface area (Å²) in [5.74, 6) is 0.380. The molecule has 2 heteroatoms. The van der Waals surface area contributed by atoms with Crippen molar-refractivity contribution in [1.29, 1.82) is 0 Å². The molecule has 1 N–H and O–H groups in total. The van der Waals surface area contributed by atoms with Crippen molar-refractivity contribution in [3.8, 4) is 5.75 Å². The maximum absolute atomic E-state index is 9.33. The number of alkyl halides is 1. The second kappa shape index (κ2) is 3.26. The molecule has 0 aromatic heterocycles. The highest BCUT2D eigenvalue weighted by Crippen LogP contribution is 2.22. The zero-order valence-corrected chi connectivity index (χ0v) is 8.27. The predicted molar refractivity (Wildman–Crippen MR) is 50.2 cm³/mol. The first-order chi connectivity index (χ1) is 5.15. The van der Waals surface area contributed by atoms with Crippen LogP contribution in [0.5, 0.6) is 5.75 Å². The molecule has 1 rings (SSSR count). The van der Waals surface area contributed by atoms with Gasteiger partial charge in [-0.1, -0.05) is 22.0 Å². The number of rotatable bonds is 1. The molecule has 0 aliphatic heterocycles. The van der Waals surface area contributed by atoms with E-state index in [1.807, 2.05) is 19.9 Å². The smallest absolute Gasteiger partial charge is 0.118 e. The van der Waals surface area contributed by atoms with Crippen LogP contribution in [-0.4, -0.2) is 5.11 Å². The second-order valence-electron chi connectivity index (χ2n) is 2.70. The van der Waals surface area contributed by atoms with E-state index in [-0.39, 0.29) is 0 Å². The molecule has 0 aliphatic rings. The summed E-state index contributed by atoms with van der Waals surface area (Å²) in [5, 5.41) is 10.1. The molecule has 1 nitrogen and oxygen atoms in total. The Hall–Kier alpha value is -0.500. The maximum Gasteiger partial charge on any atom is 0.118 e. The standard InChI is InChI=1S/C9H11BrO/c1-6-3-7(2)9(11)4-8(6)5-10/h3-4,11H,5H2,1-2H3. The summed E-state index contributed by atoms with van der Waals surface area (Å²) in [6.45, 7) is 3.95. The van der Waals surface area contributed by atoms with E-state index >= 15 is 0 Å².